The number of likely N-dealkylation sites (tertiary alicyclic amines) is 1. The number of ketones is 1. The average Bonchev–Trinajstić information content (AvgIpc) is 2.85. The maximum atomic E-state index is 12.8. The van der Waals surface area contributed by atoms with Crippen LogP contribution >= 0.6 is 0 Å². The predicted octanol–water partition coefficient (Wildman–Crippen LogP) is 5.51. The van der Waals surface area contributed by atoms with Gasteiger partial charge in [-0.15, -0.1) is 0 Å². The average molecular weight is 453 g/mol. The van der Waals surface area contributed by atoms with Crippen LogP contribution in [0.4, 0.5) is 0 Å². The van der Waals surface area contributed by atoms with Crippen molar-refractivity contribution in [1.82, 2.24) is 10.2 Å². The third-order valence-corrected chi connectivity index (χ3v) is 6.76. The molecular formula is C28H40N2O3. The van der Waals surface area contributed by atoms with Gasteiger partial charge in [-0.2, -0.15) is 0 Å². The monoisotopic (exact) mass is 452 g/mol. The van der Waals surface area contributed by atoms with Crippen LogP contribution in [0.2, 0.25) is 0 Å². The number of Topliss-reactive ketones (excluding diaryl/α,β-unsaturated/α-hetero) is 1. The molecule has 0 bridgehead atoms. The standard InChI is InChI=1S/C28H40N2O3/c1-21(2)30-19-16-22(17-20-30)5-14-27(31)23-6-8-24(9-7-23)28(15-18-29-3)33-26-12-10-25(32-4)11-13-26/h6-13,21-22,28-29H,5,14-20H2,1-4H3. The van der Waals surface area contributed by atoms with E-state index in [4.69, 9.17) is 9.47 Å². The first-order chi connectivity index (χ1) is 16.0. The van der Waals surface area contributed by atoms with E-state index in [0.29, 0.717) is 18.4 Å². The van der Waals surface area contributed by atoms with E-state index >= 15 is 0 Å². The molecule has 2 aromatic carbocycles. The molecule has 5 nitrogen and oxygen atoms in total. The van der Waals surface area contributed by atoms with E-state index in [1.54, 1.807) is 7.11 Å². The fourth-order valence-electron chi connectivity index (χ4n) is 4.51. The van der Waals surface area contributed by atoms with Gasteiger partial charge in [-0.25, -0.2) is 0 Å². The van der Waals surface area contributed by atoms with E-state index < -0.39 is 0 Å². The Hall–Kier alpha value is -2.37. The third kappa shape index (κ3) is 7.58. The fourth-order valence-corrected chi connectivity index (χ4v) is 4.51. The van der Waals surface area contributed by atoms with Crippen LogP contribution in [0.1, 0.15) is 68.0 Å². The summed E-state index contributed by atoms with van der Waals surface area (Å²) in [6.07, 6.45) is 4.81. The van der Waals surface area contributed by atoms with Crippen molar-refractivity contribution >= 4 is 5.78 Å². The largest absolute Gasteiger partial charge is 0.497 e. The lowest BCUT2D eigenvalue weighted by Crippen LogP contribution is -2.38. The molecule has 180 valence electrons. The molecule has 1 aliphatic heterocycles. The third-order valence-electron chi connectivity index (χ3n) is 6.76. The van der Waals surface area contributed by atoms with Crippen molar-refractivity contribution in [2.75, 3.05) is 33.8 Å². The van der Waals surface area contributed by atoms with Crippen LogP contribution in [0.3, 0.4) is 0 Å². The van der Waals surface area contributed by atoms with Gasteiger partial charge in [0.2, 0.25) is 0 Å². The van der Waals surface area contributed by atoms with Crippen LogP contribution in [0.5, 0.6) is 11.5 Å². The van der Waals surface area contributed by atoms with Gasteiger partial charge in [-0.05, 0) is 95.5 Å². The van der Waals surface area contributed by atoms with Crippen molar-refractivity contribution in [2.45, 2.75) is 58.1 Å². The molecule has 1 N–H and O–H groups in total. The molecule has 0 aliphatic carbocycles. The molecule has 1 saturated heterocycles. The zero-order valence-electron chi connectivity index (χ0n) is 20.7. The van der Waals surface area contributed by atoms with Crippen molar-refractivity contribution < 1.29 is 14.3 Å². The number of ether oxygens (including phenoxy) is 2. The summed E-state index contributed by atoms with van der Waals surface area (Å²) in [6, 6.07) is 16.3. The molecule has 0 spiro atoms. The Kier molecular flexibility index (Phi) is 9.76. The van der Waals surface area contributed by atoms with Crippen LogP contribution in [-0.4, -0.2) is 50.5 Å². The summed E-state index contributed by atoms with van der Waals surface area (Å²) in [7, 11) is 3.60. The van der Waals surface area contributed by atoms with Gasteiger partial charge in [0.25, 0.3) is 0 Å². The van der Waals surface area contributed by atoms with Crippen LogP contribution < -0.4 is 14.8 Å². The first-order valence-electron chi connectivity index (χ1n) is 12.3. The maximum Gasteiger partial charge on any atom is 0.162 e. The first kappa shape index (κ1) is 25.3. The van der Waals surface area contributed by atoms with Crippen molar-refractivity contribution in [3.8, 4) is 11.5 Å². The van der Waals surface area contributed by atoms with Gasteiger partial charge in [0, 0.05) is 24.4 Å². The summed E-state index contributed by atoms with van der Waals surface area (Å²) < 4.78 is 11.5. The number of hydrogen-bond donors (Lipinski definition) is 1. The van der Waals surface area contributed by atoms with E-state index in [0.717, 1.165) is 55.1 Å². The van der Waals surface area contributed by atoms with E-state index in [2.05, 4.69) is 24.1 Å². The molecule has 1 fully saturated rings. The van der Waals surface area contributed by atoms with Crippen LogP contribution in [0, 0.1) is 5.92 Å². The second kappa shape index (κ2) is 12.8. The maximum absolute atomic E-state index is 12.8. The number of nitrogens with one attached hydrogen (secondary N) is 1. The van der Waals surface area contributed by atoms with Crippen molar-refractivity contribution in [1.29, 1.82) is 0 Å². The Balaban J connectivity index is 1.55. The number of carbonyl (C=O) groups excluding carboxylic acids is 1. The van der Waals surface area contributed by atoms with Crippen LogP contribution in [0.15, 0.2) is 48.5 Å². The van der Waals surface area contributed by atoms with Gasteiger partial charge in [-0.1, -0.05) is 24.3 Å². The van der Waals surface area contributed by atoms with Gasteiger partial charge in [-0.3, -0.25) is 4.79 Å². The van der Waals surface area contributed by atoms with Gasteiger partial charge >= 0.3 is 0 Å². The minimum Gasteiger partial charge on any atom is -0.497 e. The summed E-state index contributed by atoms with van der Waals surface area (Å²) in [5.41, 5.74) is 1.88. The number of rotatable bonds is 12. The highest BCUT2D eigenvalue weighted by Crippen LogP contribution is 2.28. The smallest absolute Gasteiger partial charge is 0.162 e. The number of methoxy groups -OCH3 is 1. The van der Waals surface area contributed by atoms with Crippen molar-refractivity contribution in [2.24, 2.45) is 5.92 Å². The molecule has 33 heavy (non-hydrogen) atoms. The Labute approximate surface area is 199 Å². The summed E-state index contributed by atoms with van der Waals surface area (Å²) in [5.74, 6) is 2.53. The predicted molar refractivity (Wildman–Crippen MR) is 134 cm³/mol. The Bertz CT molecular complexity index is 840. The molecule has 5 heteroatoms. The molecule has 3 rings (SSSR count). The van der Waals surface area contributed by atoms with Gasteiger partial charge in [0.15, 0.2) is 5.78 Å². The first-order valence-corrected chi connectivity index (χ1v) is 12.3. The molecule has 0 saturated carbocycles. The fraction of sp³-hybridized carbons (Fsp3) is 0.536. The second-order valence-corrected chi connectivity index (χ2v) is 9.33. The summed E-state index contributed by atoms with van der Waals surface area (Å²) in [4.78, 5) is 15.3. The molecule has 1 atom stereocenters. The highest BCUT2D eigenvalue weighted by atomic mass is 16.5. The van der Waals surface area contributed by atoms with E-state index in [-0.39, 0.29) is 11.9 Å². The van der Waals surface area contributed by atoms with Crippen LogP contribution in [0.25, 0.3) is 0 Å². The molecule has 1 heterocycles. The number of carbonyl (C=O) groups is 1. The molecule has 0 aromatic heterocycles. The molecule has 1 aliphatic rings. The minimum atomic E-state index is -0.0823. The Morgan fingerprint density at radius 3 is 2.24 bits per heavy atom. The zero-order chi connectivity index (χ0) is 23.6. The number of piperidine rings is 1. The van der Waals surface area contributed by atoms with Crippen molar-refractivity contribution in [3.05, 3.63) is 59.7 Å². The summed E-state index contributed by atoms with van der Waals surface area (Å²) >= 11 is 0. The Morgan fingerprint density at radius 1 is 1.03 bits per heavy atom. The van der Waals surface area contributed by atoms with Gasteiger partial charge in [0.1, 0.15) is 17.6 Å². The van der Waals surface area contributed by atoms with Gasteiger partial charge < -0.3 is 19.7 Å². The molecule has 1 unspecified atom stereocenters. The van der Waals surface area contributed by atoms with Crippen molar-refractivity contribution in [3.63, 3.8) is 0 Å². The topological polar surface area (TPSA) is 50.8 Å². The molecule has 2 aromatic rings. The number of hydrogen-bond acceptors (Lipinski definition) is 5. The molecular weight excluding hydrogens is 412 g/mol. The lowest BCUT2D eigenvalue weighted by molar-refractivity contribution is 0.0955. The number of benzene rings is 2. The highest BCUT2D eigenvalue weighted by molar-refractivity contribution is 5.96. The lowest BCUT2D eigenvalue weighted by atomic mass is 9.89. The van der Waals surface area contributed by atoms with E-state index in [1.165, 1.54) is 12.8 Å². The number of nitrogens with zero attached hydrogens (tertiary/aromatic N) is 1. The Morgan fingerprint density at radius 2 is 1.67 bits per heavy atom. The van der Waals surface area contributed by atoms with E-state index in [9.17, 15) is 4.79 Å². The quantitative estimate of drug-likeness (QED) is 0.431. The SMILES string of the molecule is CNCCC(Oc1ccc(OC)cc1)c1ccc(C(=O)CCC2CCN(C(C)C)CC2)cc1. The molecule has 0 radical (unpaired) electrons. The molecule has 0 amide bonds. The second-order valence-electron chi connectivity index (χ2n) is 9.33. The lowest BCUT2D eigenvalue weighted by Gasteiger charge is -2.34. The summed E-state index contributed by atoms with van der Waals surface area (Å²) in [6.45, 7) is 7.69. The zero-order valence-corrected chi connectivity index (χ0v) is 20.7. The van der Waals surface area contributed by atoms with E-state index in [1.807, 2.05) is 55.6 Å². The van der Waals surface area contributed by atoms with Crippen LogP contribution in [-0.2, 0) is 0 Å². The summed E-state index contributed by atoms with van der Waals surface area (Å²) in [5, 5.41) is 3.20. The highest BCUT2D eigenvalue weighted by Gasteiger charge is 2.22. The minimum absolute atomic E-state index is 0.0823. The van der Waals surface area contributed by atoms with Gasteiger partial charge in [0.05, 0.1) is 7.11 Å². The normalized spacial score (nSPS) is 16.0.